The summed E-state index contributed by atoms with van der Waals surface area (Å²) in [6.45, 7) is 0.472. The Hall–Kier alpha value is -2.34. The monoisotopic (exact) mass is 356 g/mol. The summed E-state index contributed by atoms with van der Waals surface area (Å²) < 4.78 is 1.95. The van der Waals surface area contributed by atoms with E-state index >= 15 is 0 Å². The molecule has 1 aromatic carbocycles. The Kier molecular flexibility index (Phi) is 6.28. The van der Waals surface area contributed by atoms with Crippen molar-refractivity contribution in [2.75, 3.05) is 18.9 Å². The minimum atomic E-state index is -0.570. The van der Waals surface area contributed by atoms with Crippen LogP contribution in [0.2, 0.25) is 0 Å². The van der Waals surface area contributed by atoms with Crippen LogP contribution in [0.4, 0.5) is 10.6 Å². The molecular weight excluding hydrogens is 328 g/mol. The number of anilines is 1. The number of aromatic nitrogens is 2. The largest absolute Gasteiger partial charge is 0.388 e. The number of carbonyl (C=O) groups excluding carboxylic acids is 1. The highest BCUT2D eigenvalue weighted by Gasteiger charge is 2.20. The highest BCUT2D eigenvalue weighted by Crippen LogP contribution is 2.30. The first-order chi connectivity index (χ1) is 12.6. The topological polar surface area (TPSA) is 70.4 Å². The lowest BCUT2D eigenvalue weighted by Crippen LogP contribution is -2.34. The predicted octanol–water partition coefficient (Wildman–Crippen LogP) is 3.98. The van der Waals surface area contributed by atoms with Gasteiger partial charge in [-0.3, -0.25) is 5.32 Å². The average Bonchev–Trinajstić information content (AvgIpc) is 3.15. The van der Waals surface area contributed by atoms with E-state index in [9.17, 15) is 9.90 Å². The molecule has 140 valence electrons. The standard InChI is InChI=1S/C20H28N4O2/c1-23(15-13-18(25)16-8-4-2-5-9-16)20(26)22-19-12-14-21-24(19)17-10-6-3-7-11-17/h2,4-5,8-9,12,14,17-18,25H,3,6-7,10-11,13,15H2,1H3,(H,22,26)/t18-/m0/s1. The summed E-state index contributed by atoms with van der Waals surface area (Å²) in [4.78, 5) is 14.1. The molecule has 6 heteroatoms. The van der Waals surface area contributed by atoms with E-state index in [0.29, 0.717) is 19.0 Å². The summed E-state index contributed by atoms with van der Waals surface area (Å²) in [6.07, 6.45) is 7.61. The molecule has 1 heterocycles. The molecule has 2 amide bonds. The van der Waals surface area contributed by atoms with Crippen molar-refractivity contribution in [3.05, 3.63) is 48.2 Å². The molecular formula is C20H28N4O2. The van der Waals surface area contributed by atoms with Gasteiger partial charge in [0.05, 0.1) is 18.3 Å². The quantitative estimate of drug-likeness (QED) is 0.822. The van der Waals surface area contributed by atoms with E-state index in [0.717, 1.165) is 24.2 Å². The van der Waals surface area contributed by atoms with Gasteiger partial charge in [0, 0.05) is 19.7 Å². The van der Waals surface area contributed by atoms with Crippen LogP contribution >= 0.6 is 0 Å². The molecule has 1 fully saturated rings. The van der Waals surface area contributed by atoms with Gasteiger partial charge in [0.25, 0.3) is 0 Å². The number of hydrogen-bond acceptors (Lipinski definition) is 3. The third kappa shape index (κ3) is 4.64. The molecule has 6 nitrogen and oxygen atoms in total. The number of aliphatic hydroxyl groups excluding tert-OH is 1. The molecule has 0 unspecified atom stereocenters. The van der Waals surface area contributed by atoms with E-state index in [2.05, 4.69) is 10.4 Å². The van der Waals surface area contributed by atoms with Gasteiger partial charge in [-0.25, -0.2) is 9.48 Å². The minimum absolute atomic E-state index is 0.178. The van der Waals surface area contributed by atoms with Crippen LogP contribution in [0.3, 0.4) is 0 Å². The molecule has 1 aliphatic rings. The fraction of sp³-hybridized carbons (Fsp3) is 0.500. The van der Waals surface area contributed by atoms with Crippen molar-refractivity contribution >= 4 is 11.8 Å². The number of rotatable bonds is 6. The van der Waals surface area contributed by atoms with Crippen molar-refractivity contribution in [2.24, 2.45) is 0 Å². The number of nitrogens with zero attached hydrogens (tertiary/aromatic N) is 3. The second-order valence-electron chi connectivity index (χ2n) is 7.02. The molecule has 1 aliphatic carbocycles. The molecule has 1 aromatic heterocycles. The number of urea groups is 1. The Morgan fingerprint density at radius 1 is 1.27 bits per heavy atom. The average molecular weight is 356 g/mol. The van der Waals surface area contributed by atoms with E-state index < -0.39 is 6.10 Å². The lowest BCUT2D eigenvalue weighted by atomic mass is 9.96. The SMILES string of the molecule is CN(CC[C@H](O)c1ccccc1)C(=O)Nc1ccnn1C1CCCCC1. The zero-order valence-electron chi connectivity index (χ0n) is 15.3. The Bertz CT molecular complexity index is 695. The maximum Gasteiger partial charge on any atom is 0.322 e. The number of nitrogens with one attached hydrogen (secondary N) is 1. The Labute approximate surface area is 154 Å². The molecule has 0 aliphatic heterocycles. The van der Waals surface area contributed by atoms with Crippen LogP contribution in [0.25, 0.3) is 0 Å². The molecule has 26 heavy (non-hydrogen) atoms. The van der Waals surface area contributed by atoms with E-state index in [-0.39, 0.29) is 6.03 Å². The van der Waals surface area contributed by atoms with Gasteiger partial charge in [0.15, 0.2) is 0 Å². The molecule has 2 N–H and O–H groups in total. The number of amides is 2. The lowest BCUT2D eigenvalue weighted by molar-refractivity contribution is 0.152. The van der Waals surface area contributed by atoms with Crippen LogP contribution in [0, 0.1) is 0 Å². The Balaban J connectivity index is 1.52. The van der Waals surface area contributed by atoms with Crippen LogP contribution in [-0.4, -0.2) is 39.4 Å². The van der Waals surface area contributed by atoms with Crippen molar-refractivity contribution in [3.8, 4) is 0 Å². The zero-order valence-corrected chi connectivity index (χ0v) is 15.3. The van der Waals surface area contributed by atoms with Crippen molar-refractivity contribution in [2.45, 2.75) is 50.7 Å². The van der Waals surface area contributed by atoms with Gasteiger partial charge in [-0.05, 0) is 24.8 Å². The van der Waals surface area contributed by atoms with Crippen LogP contribution in [0.5, 0.6) is 0 Å². The second kappa shape index (κ2) is 8.85. The number of hydrogen-bond donors (Lipinski definition) is 2. The van der Waals surface area contributed by atoms with Crippen LogP contribution in [0.1, 0.15) is 56.2 Å². The molecule has 0 saturated heterocycles. The predicted molar refractivity (Wildman–Crippen MR) is 102 cm³/mol. The first-order valence-corrected chi connectivity index (χ1v) is 9.44. The molecule has 0 radical (unpaired) electrons. The normalized spacial score (nSPS) is 16.2. The van der Waals surface area contributed by atoms with Gasteiger partial charge in [-0.1, -0.05) is 49.6 Å². The number of benzene rings is 1. The molecule has 1 atom stereocenters. The third-order valence-corrected chi connectivity index (χ3v) is 5.09. The summed E-state index contributed by atoms with van der Waals surface area (Å²) in [5.41, 5.74) is 0.872. The minimum Gasteiger partial charge on any atom is -0.388 e. The zero-order chi connectivity index (χ0) is 18.4. The summed E-state index contributed by atoms with van der Waals surface area (Å²) >= 11 is 0. The number of carbonyl (C=O) groups is 1. The summed E-state index contributed by atoms with van der Waals surface area (Å²) in [7, 11) is 1.74. The smallest absolute Gasteiger partial charge is 0.322 e. The third-order valence-electron chi connectivity index (χ3n) is 5.09. The molecule has 2 aromatic rings. The number of aliphatic hydroxyl groups is 1. The Morgan fingerprint density at radius 2 is 2.00 bits per heavy atom. The van der Waals surface area contributed by atoms with Gasteiger partial charge in [-0.15, -0.1) is 0 Å². The molecule has 1 saturated carbocycles. The summed E-state index contributed by atoms with van der Waals surface area (Å²) in [5.74, 6) is 0.748. The lowest BCUT2D eigenvalue weighted by Gasteiger charge is -2.25. The van der Waals surface area contributed by atoms with Gasteiger partial charge in [0.2, 0.25) is 0 Å². The van der Waals surface area contributed by atoms with Gasteiger partial charge >= 0.3 is 6.03 Å². The highest BCUT2D eigenvalue weighted by molar-refractivity contribution is 5.88. The molecule has 0 bridgehead atoms. The first-order valence-electron chi connectivity index (χ1n) is 9.44. The maximum absolute atomic E-state index is 12.5. The van der Waals surface area contributed by atoms with Gasteiger partial charge in [-0.2, -0.15) is 5.10 Å². The van der Waals surface area contributed by atoms with E-state index in [4.69, 9.17) is 0 Å². The summed E-state index contributed by atoms with van der Waals surface area (Å²) in [6, 6.07) is 11.6. The Morgan fingerprint density at radius 3 is 2.73 bits per heavy atom. The highest BCUT2D eigenvalue weighted by atomic mass is 16.3. The van der Waals surface area contributed by atoms with Crippen molar-refractivity contribution in [1.82, 2.24) is 14.7 Å². The molecule has 3 rings (SSSR count). The first kappa shape index (κ1) is 18.5. The van der Waals surface area contributed by atoms with Crippen molar-refractivity contribution in [3.63, 3.8) is 0 Å². The van der Waals surface area contributed by atoms with Gasteiger partial charge in [0.1, 0.15) is 5.82 Å². The fourth-order valence-electron chi connectivity index (χ4n) is 3.49. The van der Waals surface area contributed by atoms with Crippen LogP contribution < -0.4 is 5.32 Å². The second-order valence-corrected chi connectivity index (χ2v) is 7.02. The fourth-order valence-corrected chi connectivity index (χ4v) is 3.49. The van der Waals surface area contributed by atoms with Crippen LogP contribution in [-0.2, 0) is 0 Å². The van der Waals surface area contributed by atoms with E-state index in [1.54, 1.807) is 18.1 Å². The summed E-state index contributed by atoms with van der Waals surface area (Å²) in [5, 5.41) is 17.6. The van der Waals surface area contributed by atoms with E-state index in [1.165, 1.54) is 19.3 Å². The van der Waals surface area contributed by atoms with Gasteiger partial charge < -0.3 is 10.0 Å². The molecule has 0 spiro atoms. The van der Waals surface area contributed by atoms with Crippen molar-refractivity contribution < 1.29 is 9.90 Å². The van der Waals surface area contributed by atoms with Crippen LogP contribution in [0.15, 0.2) is 42.6 Å². The van der Waals surface area contributed by atoms with E-state index in [1.807, 2.05) is 41.1 Å². The maximum atomic E-state index is 12.5. The van der Waals surface area contributed by atoms with Crippen molar-refractivity contribution in [1.29, 1.82) is 0 Å².